The van der Waals surface area contributed by atoms with E-state index in [-0.39, 0.29) is 5.92 Å². The molecule has 0 amide bonds. The molecule has 21 heavy (non-hydrogen) atoms. The first-order chi connectivity index (χ1) is 9.99. The first-order valence-electron chi connectivity index (χ1n) is 7.59. The van der Waals surface area contributed by atoms with Gasteiger partial charge in [0.2, 0.25) is 0 Å². The van der Waals surface area contributed by atoms with Crippen LogP contribution in [0.2, 0.25) is 0 Å². The van der Waals surface area contributed by atoms with Crippen molar-refractivity contribution in [3.8, 4) is 0 Å². The molecule has 0 saturated heterocycles. The maximum absolute atomic E-state index is 12.5. The molecule has 1 atom stereocenters. The average Bonchev–Trinajstić information content (AvgIpc) is 2.45. The molecule has 0 bridgehead atoms. The Morgan fingerprint density at radius 3 is 2.19 bits per heavy atom. The lowest BCUT2D eigenvalue weighted by Gasteiger charge is -2.16. The summed E-state index contributed by atoms with van der Waals surface area (Å²) in [7, 11) is 0. The molecule has 1 rings (SSSR count). The molecule has 1 aromatic carbocycles. The molecule has 0 aromatic heterocycles. The van der Waals surface area contributed by atoms with E-state index in [0.29, 0.717) is 6.42 Å². The Bertz CT molecular complexity index is 409. The lowest BCUT2D eigenvalue weighted by Crippen LogP contribution is -2.06. The molecule has 4 heteroatoms. The van der Waals surface area contributed by atoms with Crippen LogP contribution in [0, 0.1) is 0 Å². The summed E-state index contributed by atoms with van der Waals surface area (Å²) < 4.78 is 37.6. The first kappa shape index (κ1) is 17.7. The summed E-state index contributed by atoms with van der Waals surface area (Å²) >= 11 is 0. The summed E-state index contributed by atoms with van der Waals surface area (Å²) in [5.41, 5.74) is 0.185. The summed E-state index contributed by atoms with van der Waals surface area (Å²) in [6.45, 7) is 2.15. The van der Waals surface area contributed by atoms with Crippen molar-refractivity contribution >= 4 is 6.29 Å². The Morgan fingerprint density at radius 2 is 1.67 bits per heavy atom. The van der Waals surface area contributed by atoms with Crippen LogP contribution in [0.3, 0.4) is 0 Å². The minimum atomic E-state index is -4.31. The highest BCUT2D eigenvalue weighted by molar-refractivity contribution is 5.51. The zero-order chi connectivity index (χ0) is 15.7. The van der Waals surface area contributed by atoms with Crippen molar-refractivity contribution in [1.29, 1.82) is 0 Å². The number of hydrogen-bond acceptors (Lipinski definition) is 1. The number of halogens is 3. The van der Waals surface area contributed by atoms with Crippen LogP contribution in [-0.2, 0) is 11.0 Å². The predicted octanol–water partition coefficient (Wildman–Crippen LogP) is 5.74. The Morgan fingerprint density at radius 1 is 1.05 bits per heavy atom. The second-order valence-electron chi connectivity index (χ2n) is 5.42. The highest BCUT2D eigenvalue weighted by atomic mass is 19.4. The number of rotatable bonds is 9. The molecule has 0 aliphatic rings. The largest absolute Gasteiger partial charge is 0.416 e. The summed E-state index contributed by atoms with van der Waals surface area (Å²) in [5.74, 6) is 0.0337. The summed E-state index contributed by atoms with van der Waals surface area (Å²) in [5, 5.41) is 0. The van der Waals surface area contributed by atoms with Gasteiger partial charge in [-0.2, -0.15) is 13.2 Å². The molecule has 1 unspecified atom stereocenters. The van der Waals surface area contributed by atoms with E-state index >= 15 is 0 Å². The minimum absolute atomic E-state index is 0.0337. The zero-order valence-corrected chi connectivity index (χ0v) is 12.5. The molecule has 118 valence electrons. The third-order valence-electron chi connectivity index (χ3n) is 3.75. The Hall–Kier alpha value is -1.32. The fourth-order valence-electron chi connectivity index (χ4n) is 2.48. The van der Waals surface area contributed by atoms with Crippen LogP contribution in [0.5, 0.6) is 0 Å². The topological polar surface area (TPSA) is 17.1 Å². The number of alkyl halides is 3. The Balaban J connectivity index is 2.61. The van der Waals surface area contributed by atoms with Crippen molar-refractivity contribution in [2.24, 2.45) is 0 Å². The summed E-state index contributed by atoms with van der Waals surface area (Å²) in [6, 6.07) is 5.21. The van der Waals surface area contributed by atoms with Crippen molar-refractivity contribution < 1.29 is 18.0 Å². The predicted molar refractivity (Wildman–Crippen MR) is 78.2 cm³/mol. The van der Waals surface area contributed by atoms with Crippen molar-refractivity contribution in [2.45, 2.75) is 64.0 Å². The number of unbranched alkanes of at least 4 members (excludes halogenated alkanes) is 4. The van der Waals surface area contributed by atoms with Crippen LogP contribution in [0.4, 0.5) is 13.2 Å². The van der Waals surface area contributed by atoms with Crippen LogP contribution < -0.4 is 0 Å². The standard InChI is InChI=1S/C17H23F3O/c1-2-3-4-5-6-7-14(12-13-21)15-8-10-16(11-9-15)17(18,19)20/h8-11,13-14H,2-7,12H2,1H3. The van der Waals surface area contributed by atoms with Gasteiger partial charge in [0.05, 0.1) is 5.56 Å². The van der Waals surface area contributed by atoms with Crippen molar-refractivity contribution in [3.05, 3.63) is 35.4 Å². The van der Waals surface area contributed by atoms with E-state index in [1.165, 1.54) is 31.4 Å². The minimum Gasteiger partial charge on any atom is -0.303 e. The fraction of sp³-hybridized carbons (Fsp3) is 0.588. The highest BCUT2D eigenvalue weighted by Gasteiger charge is 2.30. The number of benzene rings is 1. The van der Waals surface area contributed by atoms with Gasteiger partial charge in [0.1, 0.15) is 6.29 Å². The average molecular weight is 300 g/mol. The second kappa shape index (κ2) is 8.85. The third kappa shape index (κ3) is 6.32. The maximum atomic E-state index is 12.5. The van der Waals surface area contributed by atoms with Crippen LogP contribution in [0.15, 0.2) is 24.3 Å². The monoisotopic (exact) mass is 300 g/mol. The molecule has 0 aliphatic carbocycles. The first-order valence-corrected chi connectivity index (χ1v) is 7.59. The molecule has 1 nitrogen and oxygen atoms in total. The van der Waals surface area contributed by atoms with Crippen LogP contribution in [0.1, 0.15) is 68.9 Å². The van der Waals surface area contributed by atoms with E-state index in [1.807, 2.05) is 0 Å². The Labute approximate surface area is 124 Å². The number of aldehydes is 1. The van der Waals surface area contributed by atoms with Gasteiger partial charge >= 0.3 is 6.18 Å². The molecule has 0 fully saturated rings. The lowest BCUT2D eigenvalue weighted by atomic mass is 9.90. The van der Waals surface area contributed by atoms with E-state index in [9.17, 15) is 18.0 Å². The number of carbonyl (C=O) groups is 1. The van der Waals surface area contributed by atoms with Crippen LogP contribution in [-0.4, -0.2) is 6.29 Å². The van der Waals surface area contributed by atoms with Crippen LogP contribution >= 0.6 is 0 Å². The maximum Gasteiger partial charge on any atom is 0.416 e. The molecule has 0 spiro atoms. The second-order valence-corrected chi connectivity index (χ2v) is 5.42. The van der Waals surface area contributed by atoms with Crippen molar-refractivity contribution in [2.75, 3.05) is 0 Å². The molecule has 0 radical (unpaired) electrons. The molecule has 0 aliphatic heterocycles. The van der Waals surface area contributed by atoms with Gasteiger partial charge in [-0.1, -0.05) is 51.2 Å². The van der Waals surface area contributed by atoms with E-state index < -0.39 is 11.7 Å². The SMILES string of the molecule is CCCCCCCC(CC=O)c1ccc(C(F)(F)F)cc1. The normalized spacial score (nSPS) is 13.1. The quantitative estimate of drug-likeness (QED) is 0.420. The zero-order valence-electron chi connectivity index (χ0n) is 12.5. The molecule has 0 saturated carbocycles. The van der Waals surface area contributed by atoms with Gasteiger partial charge in [-0.05, 0) is 30.0 Å². The van der Waals surface area contributed by atoms with Crippen LogP contribution in [0.25, 0.3) is 0 Å². The Kier molecular flexibility index (Phi) is 7.48. The van der Waals surface area contributed by atoms with E-state index in [4.69, 9.17) is 0 Å². The van der Waals surface area contributed by atoms with Gasteiger partial charge < -0.3 is 4.79 Å². The number of carbonyl (C=O) groups excluding carboxylic acids is 1. The van der Waals surface area contributed by atoms with Gasteiger partial charge in [-0.15, -0.1) is 0 Å². The van der Waals surface area contributed by atoms with Gasteiger partial charge in [-0.3, -0.25) is 0 Å². The van der Waals surface area contributed by atoms with Gasteiger partial charge in [0.25, 0.3) is 0 Å². The molecular weight excluding hydrogens is 277 g/mol. The smallest absolute Gasteiger partial charge is 0.303 e. The van der Waals surface area contributed by atoms with E-state index in [2.05, 4.69) is 6.92 Å². The lowest BCUT2D eigenvalue weighted by molar-refractivity contribution is -0.137. The molecule has 1 aromatic rings. The summed E-state index contributed by atoms with van der Waals surface area (Å²) in [6.07, 6.45) is 3.47. The van der Waals surface area contributed by atoms with Gasteiger partial charge in [-0.25, -0.2) is 0 Å². The fourth-order valence-corrected chi connectivity index (χ4v) is 2.48. The molecular formula is C17H23F3O. The van der Waals surface area contributed by atoms with Gasteiger partial charge in [0.15, 0.2) is 0 Å². The van der Waals surface area contributed by atoms with Crippen molar-refractivity contribution in [1.82, 2.24) is 0 Å². The molecule has 0 N–H and O–H groups in total. The third-order valence-corrected chi connectivity index (χ3v) is 3.75. The summed E-state index contributed by atoms with van der Waals surface area (Å²) in [4.78, 5) is 10.8. The van der Waals surface area contributed by atoms with E-state index in [0.717, 1.165) is 43.2 Å². The van der Waals surface area contributed by atoms with Gasteiger partial charge in [0, 0.05) is 6.42 Å². The molecule has 0 heterocycles. The van der Waals surface area contributed by atoms with Crippen molar-refractivity contribution in [3.63, 3.8) is 0 Å². The number of hydrogen-bond donors (Lipinski definition) is 0. The highest BCUT2D eigenvalue weighted by Crippen LogP contribution is 2.32. The van der Waals surface area contributed by atoms with E-state index in [1.54, 1.807) is 0 Å².